The van der Waals surface area contributed by atoms with Crippen molar-refractivity contribution in [1.82, 2.24) is 14.5 Å². The van der Waals surface area contributed by atoms with E-state index in [2.05, 4.69) is 10.3 Å². The zero-order valence-electron chi connectivity index (χ0n) is 20.9. The predicted octanol–water partition coefficient (Wildman–Crippen LogP) is 5.23. The number of benzene rings is 3. The molecule has 5 rings (SSSR count). The Morgan fingerprint density at radius 1 is 1.03 bits per heavy atom. The summed E-state index contributed by atoms with van der Waals surface area (Å²) in [6, 6.07) is 18.8. The van der Waals surface area contributed by atoms with Crippen LogP contribution in [0.5, 0.6) is 11.5 Å². The van der Waals surface area contributed by atoms with Crippen LogP contribution in [0.4, 0.5) is 5.69 Å². The molecular formula is C28H26N4O4S. The van der Waals surface area contributed by atoms with E-state index in [0.717, 1.165) is 27.7 Å². The Morgan fingerprint density at radius 3 is 2.59 bits per heavy atom. The number of thioether (sulfide) groups is 1. The first-order valence-corrected chi connectivity index (χ1v) is 12.6. The van der Waals surface area contributed by atoms with Crippen molar-refractivity contribution in [3.05, 3.63) is 82.1 Å². The summed E-state index contributed by atoms with van der Waals surface area (Å²) in [5.74, 6) is 0.903. The summed E-state index contributed by atoms with van der Waals surface area (Å²) in [4.78, 5) is 34.8. The fourth-order valence-corrected chi connectivity index (χ4v) is 5.02. The number of ether oxygens (including phenoxy) is 2. The van der Waals surface area contributed by atoms with Crippen molar-refractivity contribution in [2.45, 2.75) is 19.0 Å². The maximum absolute atomic E-state index is 13.8. The lowest BCUT2D eigenvalue weighted by Crippen LogP contribution is -2.23. The molecule has 0 aliphatic heterocycles. The van der Waals surface area contributed by atoms with Crippen LogP contribution < -0.4 is 20.3 Å². The number of carbonyl (C=O) groups is 1. The van der Waals surface area contributed by atoms with Crippen LogP contribution in [-0.2, 0) is 4.79 Å². The Balaban J connectivity index is 1.58. The molecule has 3 aromatic carbocycles. The van der Waals surface area contributed by atoms with Gasteiger partial charge in [0.2, 0.25) is 5.91 Å². The normalized spacial score (nSPS) is 11.1. The average molecular weight is 515 g/mol. The number of amides is 1. The number of carbonyl (C=O) groups excluding carboxylic acids is 1. The van der Waals surface area contributed by atoms with E-state index in [1.807, 2.05) is 56.3 Å². The fourth-order valence-electron chi connectivity index (χ4n) is 4.22. The van der Waals surface area contributed by atoms with Crippen molar-refractivity contribution in [2.75, 3.05) is 25.3 Å². The molecule has 9 heteroatoms. The molecular weight excluding hydrogens is 488 g/mol. The average Bonchev–Trinajstić information content (AvgIpc) is 3.28. The van der Waals surface area contributed by atoms with Crippen molar-refractivity contribution in [3.8, 4) is 17.2 Å². The number of hydrogen-bond acceptors (Lipinski definition) is 6. The minimum Gasteiger partial charge on any atom is -0.493 e. The molecule has 8 nitrogen and oxygen atoms in total. The third-order valence-electron chi connectivity index (χ3n) is 6.12. The second-order valence-electron chi connectivity index (χ2n) is 8.62. The number of aromatic nitrogens is 3. The third kappa shape index (κ3) is 4.65. The molecule has 2 heterocycles. The van der Waals surface area contributed by atoms with E-state index < -0.39 is 0 Å². The van der Waals surface area contributed by atoms with E-state index >= 15 is 0 Å². The van der Waals surface area contributed by atoms with E-state index in [9.17, 15) is 9.59 Å². The molecule has 0 fully saturated rings. The second kappa shape index (κ2) is 10.0. The molecule has 5 aromatic rings. The van der Waals surface area contributed by atoms with Gasteiger partial charge in [-0.25, -0.2) is 4.98 Å². The Bertz CT molecular complexity index is 1710. The molecule has 0 saturated carbocycles. The van der Waals surface area contributed by atoms with E-state index in [4.69, 9.17) is 14.5 Å². The number of rotatable bonds is 7. The monoisotopic (exact) mass is 514 g/mol. The number of fused-ring (bicyclic) bond motifs is 3. The largest absolute Gasteiger partial charge is 0.493 e. The van der Waals surface area contributed by atoms with Gasteiger partial charge < -0.3 is 19.8 Å². The molecule has 188 valence electrons. The first kappa shape index (κ1) is 24.5. The zero-order chi connectivity index (χ0) is 26.1. The topological polar surface area (TPSA) is 98.2 Å². The van der Waals surface area contributed by atoms with Crippen molar-refractivity contribution in [3.63, 3.8) is 0 Å². The summed E-state index contributed by atoms with van der Waals surface area (Å²) in [5.41, 5.74) is 4.85. The number of methoxy groups -OCH3 is 2. The number of anilines is 1. The van der Waals surface area contributed by atoms with Crippen LogP contribution in [0.2, 0.25) is 0 Å². The third-order valence-corrected chi connectivity index (χ3v) is 7.06. The zero-order valence-corrected chi connectivity index (χ0v) is 21.7. The molecule has 0 radical (unpaired) electrons. The maximum Gasteiger partial charge on any atom is 0.283 e. The van der Waals surface area contributed by atoms with Crippen LogP contribution in [0.1, 0.15) is 11.1 Å². The minimum atomic E-state index is -0.272. The molecule has 0 spiro atoms. The molecule has 0 aliphatic rings. The number of H-pyrrole nitrogens is 1. The minimum absolute atomic E-state index is 0.0704. The highest BCUT2D eigenvalue weighted by Gasteiger charge is 2.19. The van der Waals surface area contributed by atoms with Crippen molar-refractivity contribution in [2.24, 2.45) is 0 Å². The predicted molar refractivity (Wildman–Crippen MR) is 148 cm³/mol. The summed E-state index contributed by atoms with van der Waals surface area (Å²) >= 11 is 1.20. The van der Waals surface area contributed by atoms with E-state index in [1.165, 1.54) is 23.4 Å². The van der Waals surface area contributed by atoms with Crippen LogP contribution in [0, 0.1) is 13.8 Å². The number of para-hydroxylation sites is 1. The quantitative estimate of drug-likeness (QED) is 0.228. The SMILES string of the molecule is COc1ccc(-n2c(SCC(=O)Nc3cc(C)ccc3C)nc3c([nH]c4ccccc43)c2=O)cc1OC. The van der Waals surface area contributed by atoms with Gasteiger partial charge in [0.05, 0.1) is 25.7 Å². The van der Waals surface area contributed by atoms with E-state index in [0.29, 0.717) is 33.4 Å². The van der Waals surface area contributed by atoms with Crippen LogP contribution in [0.3, 0.4) is 0 Å². The van der Waals surface area contributed by atoms with Gasteiger partial charge in [-0.15, -0.1) is 0 Å². The summed E-state index contributed by atoms with van der Waals surface area (Å²) in [6.45, 7) is 3.93. The molecule has 2 aromatic heterocycles. The van der Waals surface area contributed by atoms with Crippen molar-refractivity contribution >= 4 is 45.3 Å². The fraction of sp³-hybridized carbons (Fsp3) is 0.179. The van der Waals surface area contributed by atoms with Gasteiger partial charge in [-0.3, -0.25) is 14.2 Å². The highest BCUT2D eigenvalue weighted by atomic mass is 32.2. The maximum atomic E-state index is 13.8. The molecule has 2 N–H and O–H groups in total. The molecule has 0 atom stereocenters. The lowest BCUT2D eigenvalue weighted by molar-refractivity contribution is -0.113. The number of hydrogen-bond donors (Lipinski definition) is 2. The van der Waals surface area contributed by atoms with Crippen molar-refractivity contribution < 1.29 is 14.3 Å². The Morgan fingerprint density at radius 2 is 1.81 bits per heavy atom. The first-order chi connectivity index (χ1) is 17.9. The van der Waals surface area contributed by atoms with Gasteiger partial charge in [0.15, 0.2) is 16.7 Å². The second-order valence-corrected chi connectivity index (χ2v) is 9.57. The standard InChI is InChI=1S/C28H26N4O4S/c1-16-9-10-17(2)21(13-16)29-24(33)15-37-28-31-25-19-7-5-6-8-20(19)30-26(25)27(34)32(28)18-11-12-22(35-3)23(14-18)36-4/h5-14,30H,15H2,1-4H3,(H,29,33). The lowest BCUT2D eigenvalue weighted by Gasteiger charge is -2.15. The highest BCUT2D eigenvalue weighted by molar-refractivity contribution is 7.99. The summed E-state index contributed by atoms with van der Waals surface area (Å²) < 4.78 is 12.3. The number of aromatic amines is 1. The molecule has 1 amide bonds. The van der Waals surface area contributed by atoms with Gasteiger partial charge in [-0.1, -0.05) is 42.1 Å². The molecule has 0 saturated heterocycles. The first-order valence-electron chi connectivity index (χ1n) is 11.7. The van der Waals surface area contributed by atoms with Gasteiger partial charge in [0.25, 0.3) is 5.56 Å². The van der Waals surface area contributed by atoms with Gasteiger partial charge in [0, 0.05) is 22.7 Å². The van der Waals surface area contributed by atoms with E-state index in [1.54, 1.807) is 25.3 Å². The summed E-state index contributed by atoms with van der Waals surface area (Å²) in [5, 5.41) is 4.21. The summed E-state index contributed by atoms with van der Waals surface area (Å²) in [6.07, 6.45) is 0. The number of aryl methyl sites for hydroxylation is 2. The summed E-state index contributed by atoms with van der Waals surface area (Å²) in [7, 11) is 3.09. The van der Waals surface area contributed by atoms with Crippen LogP contribution in [0.15, 0.2) is 70.6 Å². The molecule has 0 aliphatic carbocycles. The highest BCUT2D eigenvalue weighted by Crippen LogP contribution is 2.31. The molecule has 0 bridgehead atoms. The van der Waals surface area contributed by atoms with Crippen LogP contribution in [-0.4, -0.2) is 40.4 Å². The molecule has 0 unspecified atom stereocenters. The Labute approximate surface area is 217 Å². The van der Waals surface area contributed by atoms with Gasteiger partial charge >= 0.3 is 0 Å². The Hall–Kier alpha value is -4.24. The molecule has 37 heavy (non-hydrogen) atoms. The Kier molecular flexibility index (Phi) is 6.62. The van der Waals surface area contributed by atoms with Gasteiger partial charge in [-0.2, -0.15) is 0 Å². The number of nitrogens with zero attached hydrogens (tertiary/aromatic N) is 2. The van der Waals surface area contributed by atoms with Gasteiger partial charge in [0.1, 0.15) is 11.0 Å². The smallest absolute Gasteiger partial charge is 0.283 e. The number of nitrogens with one attached hydrogen (secondary N) is 2. The van der Waals surface area contributed by atoms with Crippen molar-refractivity contribution in [1.29, 1.82) is 0 Å². The van der Waals surface area contributed by atoms with Crippen LogP contribution in [0.25, 0.3) is 27.6 Å². The van der Waals surface area contributed by atoms with Gasteiger partial charge in [-0.05, 0) is 49.2 Å². The van der Waals surface area contributed by atoms with E-state index in [-0.39, 0.29) is 17.2 Å². The lowest BCUT2D eigenvalue weighted by atomic mass is 10.1. The van der Waals surface area contributed by atoms with Crippen LogP contribution >= 0.6 is 11.8 Å².